The maximum absolute atomic E-state index is 11.3. The monoisotopic (exact) mass is 259 g/mol. The van der Waals surface area contributed by atoms with Gasteiger partial charge in [0.05, 0.1) is 23.2 Å². The van der Waals surface area contributed by atoms with Crippen LogP contribution >= 0.6 is 11.6 Å². The molecule has 86 valence electrons. The van der Waals surface area contributed by atoms with Crippen LogP contribution in [0, 0.1) is 18.3 Å². The van der Waals surface area contributed by atoms with E-state index in [4.69, 9.17) is 16.9 Å². The third kappa shape index (κ3) is 1.81. The van der Waals surface area contributed by atoms with Gasteiger partial charge in [-0.1, -0.05) is 11.6 Å². The van der Waals surface area contributed by atoms with Crippen LogP contribution in [0.2, 0.25) is 5.15 Å². The van der Waals surface area contributed by atoms with Gasteiger partial charge in [0, 0.05) is 0 Å². The minimum Gasteiger partial charge on any atom is -0.248 e. The van der Waals surface area contributed by atoms with Crippen LogP contribution in [0.15, 0.2) is 0 Å². The smallest absolute Gasteiger partial charge is 0.152 e. The fraction of sp³-hybridized carbons (Fsp3) is 0.556. The summed E-state index contributed by atoms with van der Waals surface area (Å²) in [5.41, 5.74) is 0.864. The Kier molecular flexibility index (Phi) is 2.68. The average Bonchev–Trinajstić information content (AvgIpc) is 2.68. The summed E-state index contributed by atoms with van der Waals surface area (Å²) in [4.78, 5) is 0. The Morgan fingerprint density at radius 2 is 2.31 bits per heavy atom. The van der Waals surface area contributed by atoms with Crippen LogP contribution in [0.4, 0.5) is 0 Å². The van der Waals surface area contributed by atoms with E-state index >= 15 is 0 Å². The first-order valence-electron chi connectivity index (χ1n) is 4.80. The zero-order chi connectivity index (χ0) is 11.9. The van der Waals surface area contributed by atoms with E-state index < -0.39 is 9.84 Å². The van der Waals surface area contributed by atoms with Gasteiger partial charge in [-0.15, -0.1) is 0 Å². The van der Waals surface area contributed by atoms with Crippen molar-refractivity contribution in [3.05, 3.63) is 16.4 Å². The molecule has 2 rings (SSSR count). The van der Waals surface area contributed by atoms with E-state index in [1.54, 1.807) is 6.92 Å². The van der Waals surface area contributed by atoms with Crippen molar-refractivity contribution in [2.75, 3.05) is 11.5 Å². The molecule has 1 unspecified atom stereocenters. The highest BCUT2D eigenvalue weighted by molar-refractivity contribution is 7.91. The second kappa shape index (κ2) is 3.75. The Balaban J connectivity index is 2.41. The Bertz CT molecular complexity index is 570. The van der Waals surface area contributed by atoms with Crippen LogP contribution < -0.4 is 0 Å². The molecule has 0 N–H and O–H groups in total. The van der Waals surface area contributed by atoms with E-state index in [1.807, 2.05) is 6.07 Å². The van der Waals surface area contributed by atoms with Crippen LogP contribution in [0.3, 0.4) is 0 Å². The van der Waals surface area contributed by atoms with Crippen LogP contribution in [-0.2, 0) is 9.84 Å². The number of hydrogen-bond acceptors (Lipinski definition) is 4. The summed E-state index contributed by atoms with van der Waals surface area (Å²) < 4.78 is 24.1. The predicted octanol–water partition coefficient (Wildman–Crippen LogP) is 1.08. The fourth-order valence-corrected chi connectivity index (χ4v) is 3.90. The Hall–Kier alpha value is -1.06. The molecule has 1 fully saturated rings. The molecule has 0 aliphatic carbocycles. The van der Waals surface area contributed by atoms with E-state index in [1.165, 1.54) is 4.68 Å². The van der Waals surface area contributed by atoms with Gasteiger partial charge in [0.1, 0.15) is 16.8 Å². The molecule has 7 heteroatoms. The lowest BCUT2D eigenvalue weighted by molar-refractivity contribution is 0.497. The molecule has 1 aliphatic heterocycles. The van der Waals surface area contributed by atoms with E-state index in [-0.39, 0.29) is 22.7 Å². The molecule has 5 nitrogen and oxygen atoms in total. The number of nitrogens with zero attached hydrogens (tertiary/aromatic N) is 3. The lowest BCUT2D eigenvalue weighted by Gasteiger charge is -2.09. The molecule has 0 radical (unpaired) electrons. The summed E-state index contributed by atoms with van der Waals surface area (Å²) in [5, 5.41) is 13.2. The molecule has 0 saturated carbocycles. The molecule has 1 aromatic rings. The maximum Gasteiger partial charge on any atom is 0.152 e. The first-order valence-corrected chi connectivity index (χ1v) is 6.99. The lowest BCUT2D eigenvalue weighted by Crippen LogP contribution is -2.12. The highest BCUT2D eigenvalue weighted by Crippen LogP contribution is 2.29. The molecule has 1 aliphatic rings. The summed E-state index contributed by atoms with van der Waals surface area (Å²) in [6, 6.07) is 1.73. The summed E-state index contributed by atoms with van der Waals surface area (Å²) in [5.74, 6) is 0.216. The minimum absolute atomic E-state index is 0.0543. The number of aryl methyl sites for hydroxylation is 1. The number of nitriles is 1. The van der Waals surface area contributed by atoms with Crippen molar-refractivity contribution in [1.29, 1.82) is 5.26 Å². The van der Waals surface area contributed by atoms with Gasteiger partial charge in [-0.2, -0.15) is 10.4 Å². The largest absolute Gasteiger partial charge is 0.248 e. The second-order valence-electron chi connectivity index (χ2n) is 3.86. The van der Waals surface area contributed by atoms with Gasteiger partial charge in [-0.05, 0) is 13.3 Å². The number of hydrogen-bond donors (Lipinski definition) is 0. The summed E-state index contributed by atoms with van der Waals surface area (Å²) in [6.07, 6.45) is 0.508. The van der Waals surface area contributed by atoms with Crippen molar-refractivity contribution in [1.82, 2.24) is 9.78 Å². The summed E-state index contributed by atoms with van der Waals surface area (Å²) >= 11 is 5.99. The molecule has 0 bridgehead atoms. The van der Waals surface area contributed by atoms with Gasteiger partial charge in [0.15, 0.2) is 9.84 Å². The van der Waals surface area contributed by atoms with Crippen molar-refractivity contribution in [3.63, 3.8) is 0 Å². The second-order valence-corrected chi connectivity index (χ2v) is 6.45. The zero-order valence-electron chi connectivity index (χ0n) is 8.64. The van der Waals surface area contributed by atoms with Crippen molar-refractivity contribution in [3.8, 4) is 6.07 Å². The van der Waals surface area contributed by atoms with Crippen molar-refractivity contribution in [2.45, 2.75) is 19.4 Å². The van der Waals surface area contributed by atoms with Gasteiger partial charge in [0.25, 0.3) is 0 Å². The molecule has 2 heterocycles. The van der Waals surface area contributed by atoms with Crippen molar-refractivity contribution >= 4 is 21.4 Å². The van der Waals surface area contributed by atoms with Crippen LogP contribution in [0.25, 0.3) is 0 Å². The highest BCUT2D eigenvalue weighted by Gasteiger charge is 2.31. The Morgan fingerprint density at radius 1 is 1.62 bits per heavy atom. The minimum atomic E-state index is -2.97. The quantitative estimate of drug-likeness (QED) is 0.756. The number of halogens is 1. The summed E-state index contributed by atoms with van der Waals surface area (Å²) in [7, 11) is -2.97. The lowest BCUT2D eigenvalue weighted by atomic mass is 10.2. The standard InChI is InChI=1S/C9H10ClN3O2S/c1-6-8(4-11)9(10)13(12-6)7-2-3-16(14,15)5-7/h7H,2-3,5H2,1H3. The van der Waals surface area contributed by atoms with Crippen LogP contribution in [-0.4, -0.2) is 29.7 Å². The molecule has 0 aromatic carbocycles. The fourth-order valence-electron chi connectivity index (χ4n) is 1.86. The molecule has 1 aromatic heterocycles. The SMILES string of the molecule is Cc1nn(C2CCS(=O)(=O)C2)c(Cl)c1C#N. The van der Waals surface area contributed by atoms with E-state index in [9.17, 15) is 8.42 Å². The molecule has 0 amide bonds. The van der Waals surface area contributed by atoms with E-state index in [0.717, 1.165) is 0 Å². The van der Waals surface area contributed by atoms with Gasteiger partial charge in [-0.3, -0.25) is 0 Å². The zero-order valence-corrected chi connectivity index (χ0v) is 10.2. The Labute approximate surface area is 98.5 Å². The molecule has 16 heavy (non-hydrogen) atoms. The normalized spacial score (nSPS) is 23.2. The molecular weight excluding hydrogens is 250 g/mol. The highest BCUT2D eigenvalue weighted by atomic mass is 35.5. The van der Waals surface area contributed by atoms with E-state index in [0.29, 0.717) is 17.7 Å². The van der Waals surface area contributed by atoms with Crippen molar-refractivity contribution < 1.29 is 8.42 Å². The van der Waals surface area contributed by atoms with Crippen LogP contribution in [0.5, 0.6) is 0 Å². The number of rotatable bonds is 1. The molecule has 1 saturated heterocycles. The first-order chi connectivity index (χ1) is 7.44. The Morgan fingerprint density at radius 3 is 2.75 bits per heavy atom. The predicted molar refractivity (Wildman–Crippen MR) is 59.0 cm³/mol. The van der Waals surface area contributed by atoms with Gasteiger partial charge in [-0.25, -0.2) is 13.1 Å². The number of aromatic nitrogens is 2. The third-order valence-electron chi connectivity index (χ3n) is 2.69. The van der Waals surface area contributed by atoms with Gasteiger partial charge in [0.2, 0.25) is 0 Å². The molecular formula is C9H10ClN3O2S. The molecule has 1 atom stereocenters. The van der Waals surface area contributed by atoms with Gasteiger partial charge < -0.3 is 0 Å². The maximum atomic E-state index is 11.3. The van der Waals surface area contributed by atoms with Crippen LogP contribution in [0.1, 0.15) is 23.7 Å². The topological polar surface area (TPSA) is 75.8 Å². The van der Waals surface area contributed by atoms with Crippen molar-refractivity contribution in [2.24, 2.45) is 0 Å². The average molecular weight is 260 g/mol. The van der Waals surface area contributed by atoms with E-state index in [2.05, 4.69) is 5.10 Å². The third-order valence-corrected chi connectivity index (χ3v) is 4.81. The number of sulfone groups is 1. The molecule has 0 spiro atoms. The first kappa shape index (κ1) is 11.4. The summed E-state index contributed by atoms with van der Waals surface area (Å²) in [6.45, 7) is 1.68. The van der Waals surface area contributed by atoms with Gasteiger partial charge >= 0.3 is 0 Å².